The lowest BCUT2D eigenvalue weighted by Gasteiger charge is -2.25. The fourth-order valence-electron chi connectivity index (χ4n) is 2.04. The van der Waals surface area contributed by atoms with Gasteiger partial charge in [0.05, 0.1) is 19.5 Å². The maximum absolute atomic E-state index is 13.2. The van der Waals surface area contributed by atoms with Gasteiger partial charge in [-0.2, -0.15) is 0 Å². The molecule has 25 heavy (non-hydrogen) atoms. The van der Waals surface area contributed by atoms with E-state index in [1.54, 1.807) is 62.8 Å². The van der Waals surface area contributed by atoms with Crippen molar-refractivity contribution >= 4 is 36.5 Å². The smallest absolute Gasteiger partial charge is 0.366 e. The minimum Gasteiger partial charge on any atom is -0.497 e. The summed E-state index contributed by atoms with van der Waals surface area (Å²) in [6.07, 6.45) is 0. The van der Waals surface area contributed by atoms with Crippen LogP contribution in [0.15, 0.2) is 48.5 Å². The van der Waals surface area contributed by atoms with Crippen LogP contribution in [0.5, 0.6) is 11.5 Å². The van der Waals surface area contributed by atoms with Crippen LogP contribution in [0, 0.1) is 0 Å². The molecule has 0 aromatic heterocycles. The predicted octanol–water partition coefficient (Wildman–Crippen LogP) is 3.47. The standard InChI is InChI=1S/C16H20O6P2S/c1-18-13-5-9-15(10-6-13)23(17,20-3)22-24(25,21-4)16-11-7-14(19-2)8-12-16/h5-12H,1-4H3. The van der Waals surface area contributed by atoms with E-state index in [2.05, 4.69) is 0 Å². The predicted molar refractivity (Wildman–Crippen MR) is 102 cm³/mol. The van der Waals surface area contributed by atoms with E-state index in [9.17, 15) is 4.57 Å². The Morgan fingerprint density at radius 2 is 1.16 bits per heavy atom. The van der Waals surface area contributed by atoms with Crippen LogP contribution in [-0.4, -0.2) is 28.4 Å². The highest BCUT2D eigenvalue weighted by molar-refractivity contribution is 8.15. The van der Waals surface area contributed by atoms with E-state index < -0.39 is 14.1 Å². The van der Waals surface area contributed by atoms with Crippen LogP contribution in [0.4, 0.5) is 0 Å². The van der Waals surface area contributed by atoms with Crippen LogP contribution < -0.4 is 20.1 Å². The molecule has 0 spiro atoms. The van der Waals surface area contributed by atoms with Gasteiger partial charge in [0, 0.05) is 19.5 Å². The Bertz CT molecular complexity index is 724. The van der Waals surface area contributed by atoms with E-state index in [0.29, 0.717) is 22.1 Å². The Labute approximate surface area is 152 Å². The van der Waals surface area contributed by atoms with E-state index in [1.165, 1.54) is 14.2 Å². The molecule has 2 atom stereocenters. The Morgan fingerprint density at radius 3 is 1.52 bits per heavy atom. The lowest BCUT2D eigenvalue weighted by Crippen LogP contribution is -2.13. The molecule has 0 N–H and O–H groups in total. The molecule has 9 heteroatoms. The number of ether oxygens (including phenoxy) is 2. The first-order valence-corrected chi connectivity index (χ1v) is 11.4. The zero-order valence-electron chi connectivity index (χ0n) is 14.4. The molecule has 0 aliphatic heterocycles. The van der Waals surface area contributed by atoms with Crippen molar-refractivity contribution in [3.63, 3.8) is 0 Å². The van der Waals surface area contributed by atoms with Gasteiger partial charge < -0.3 is 18.5 Å². The van der Waals surface area contributed by atoms with E-state index in [4.69, 9.17) is 34.6 Å². The summed E-state index contributed by atoms with van der Waals surface area (Å²) in [7, 11) is 2.19. The second-order valence-corrected chi connectivity index (χ2v) is 10.7. The van der Waals surface area contributed by atoms with Crippen molar-refractivity contribution in [2.24, 2.45) is 0 Å². The summed E-state index contributed by atoms with van der Waals surface area (Å²) < 4.78 is 39.9. The fraction of sp³-hybridized carbons (Fsp3) is 0.250. The van der Waals surface area contributed by atoms with Crippen LogP contribution >= 0.6 is 14.1 Å². The molecule has 0 saturated carbocycles. The minimum atomic E-state index is -3.67. The van der Waals surface area contributed by atoms with Gasteiger partial charge in [-0.1, -0.05) is 0 Å². The minimum absolute atomic E-state index is 0.371. The molecule has 136 valence electrons. The topological polar surface area (TPSA) is 63.2 Å². The third kappa shape index (κ3) is 4.50. The molecule has 0 saturated heterocycles. The third-order valence-electron chi connectivity index (χ3n) is 3.47. The molecule has 6 nitrogen and oxygen atoms in total. The molecular formula is C16H20O6P2S. The van der Waals surface area contributed by atoms with Gasteiger partial charge in [0.15, 0.2) is 0 Å². The monoisotopic (exact) mass is 402 g/mol. The van der Waals surface area contributed by atoms with Gasteiger partial charge in [0.2, 0.25) is 6.49 Å². The van der Waals surface area contributed by atoms with E-state index >= 15 is 0 Å². The zero-order chi connectivity index (χ0) is 18.5. The summed E-state index contributed by atoms with van der Waals surface area (Å²) in [5.74, 6) is 1.30. The van der Waals surface area contributed by atoms with Crippen LogP contribution in [0.2, 0.25) is 0 Å². The second-order valence-electron chi connectivity index (χ2n) is 4.84. The van der Waals surface area contributed by atoms with E-state index in [0.717, 1.165) is 0 Å². The van der Waals surface area contributed by atoms with Crippen LogP contribution in [0.25, 0.3) is 0 Å². The molecule has 2 rings (SSSR count). The highest BCUT2D eigenvalue weighted by atomic mass is 32.5. The van der Waals surface area contributed by atoms with Crippen LogP contribution in [0.3, 0.4) is 0 Å². The van der Waals surface area contributed by atoms with Gasteiger partial charge in [-0.05, 0) is 60.3 Å². The first-order valence-electron chi connectivity index (χ1n) is 7.23. The molecule has 2 aromatic carbocycles. The van der Waals surface area contributed by atoms with Gasteiger partial charge >= 0.3 is 7.60 Å². The number of hydrogen-bond donors (Lipinski definition) is 0. The zero-order valence-corrected chi connectivity index (χ0v) is 17.0. The number of methoxy groups -OCH3 is 2. The summed E-state index contributed by atoms with van der Waals surface area (Å²) >= 11 is 5.56. The van der Waals surface area contributed by atoms with E-state index in [1.807, 2.05) is 0 Å². The highest BCUT2D eigenvalue weighted by Crippen LogP contribution is 2.63. The maximum atomic E-state index is 13.2. The van der Waals surface area contributed by atoms with Gasteiger partial charge in [0.1, 0.15) is 11.5 Å². The number of benzene rings is 2. The first kappa shape index (κ1) is 20.1. The van der Waals surface area contributed by atoms with Crippen molar-refractivity contribution in [3.05, 3.63) is 48.5 Å². The van der Waals surface area contributed by atoms with Gasteiger partial charge in [-0.15, -0.1) is 0 Å². The third-order valence-corrected chi connectivity index (χ3v) is 9.70. The van der Waals surface area contributed by atoms with Crippen molar-refractivity contribution in [2.75, 3.05) is 28.4 Å². The van der Waals surface area contributed by atoms with Crippen molar-refractivity contribution < 1.29 is 27.4 Å². The normalized spacial score (nSPS) is 15.8. The quantitative estimate of drug-likeness (QED) is 0.627. The molecule has 0 radical (unpaired) electrons. The number of hydrogen-bond acceptors (Lipinski definition) is 7. The second kappa shape index (κ2) is 8.45. The molecule has 2 aromatic rings. The average molecular weight is 402 g/mol. The summed E-state index contributed by atoms with van der Waals surface area (Å²) in [5, 5.41) is 0.979. The van der Waals surface area contributed by atoms with Crippen molar-refractivity contribution in [2.45, 2.75) is 0 Å². The highest BCUT2D eigenvalue weighted by Gasteiger charge is 2.35. The SMILES string of the molecule is COc1ccc(P(=O)(OC)OP(=S)(OC)c2ccc(OC)cc2)cc1. The lowest BCUT2D eigenvalue weighted by atomic mass is 10.3. The molecule has 0 aliphatic rings. The molecule has 0 fully saturated rings. The Hall–Kier alpha value is -1.20. The van der Waals surface area contributed by atoms with E-state index in [-0.39, 0.29) is 0 Å². The van der Waals surface area contributed by atoms with Gasteiger partial charge in [-0.25, -0.2) is 4.31 Å². The Balaban J connectivity index is 2.38. The average Bonchev–Trinajstić information content (AvgIpc) is 2.67. The largest absolute Gasteiger partial charge is 0.497 e. The summed E-state index contributed by atoms with van der Waals surface area (Å²) in [5.41, 5.74) is 0. The molecule has 2 unspecified atom stereocenters. The molecule has 0 aliphatic carbocycles. The fourth-order valence-corrected chi connectivity index (χ4v) is 7.07. The summed E-state index contributed by atoms with van der Waals surface area (Å²) in [6, 6.07) is 13.5. The maximum Gasteiger partial charge on any atom is 0.366 e. The van der Waals surface area contributed by atoms with Gasteiger partial charge in [0.25, 0.3) is 0 Å². The van der Waals surface area contributed by atoms with Gasteiger partial charge in [-0.3, -0.25) is 4.57 Å². The molecule has 0 bridgehead atoms. The Morgan fingerprint density at radius 1 is 0.720 bits per heavy atom. The van der Waals surface area contributed by atoms with Crippen LogP contribution in [-0.2, 0) is 29.7 Å². The molecular weight excluding hydrogens is 382 g/mol. The van der Waals surface area contributed by atoms with Crippen molar-refractivity contribution in [3.8, 4) is 11.5 Å². The lowest BCUT2D eigenvalue weighted by molar-refractivity contribution is 0.321. The van der Waals surface area contributed by atoms with Crippen molar-refractivity contribution in [1.82, 2.24) is 0 Å². The Kier molecular flexibility index (Phi) is 6.80. The number of rotatable bonds is 8. The molecule has 0 amide bonds. The van der Waals surface area contributed by atoms with Crippen LogP contribution in [0.1, 0.15) is 0 Å². The molecule has 0 heterocycles. The van der Waals surface area contributed by atoms with Crippen molar-refractivity contribution in [1.29, 1.82) is 0 Å². The first-order chi connectivity index (χ1) is 11.9. The summed E-state index contributed by atoms with van der Waals surface area (Å²) in [6.45, 7) is -3.05. The summed E-state index contributed by atoms with van der Waals surface area (Å²) in [4.78, 5) is 0.